The Kier molecular flexibility index (Phi) is 7.53. The summed E-state index contributed by atoms with van der Waals surface area (Å²) in [4.78, 5) is 0.467. The topological polar surface area (TPSA) is 34.1 Å². The van der Waals surface area contributed by atoms with Gasteiger partial charge in [-0.25, -0.2) is 17.2 Å². The van der Waals surface area contributed by atoms with E-state index in [0.29, 0.717) is 10.8 Å². The first-order valence-corrected chi connectivity index (χ1v) is 18.2. The minimum absolute atomic E-state index is 0.234. The van der Waals surface area contributed by atoms with Crippen molar-refractivity contribution in [1.29, 1.82) is 0 Å². The molecule has 6 rings (SSSR count). The Morgan fingerprint density at radius 2 is 0.976 bits per heavy atom. The number of rotatable bonds is 6. The molecule has 2 heterocycles. The quantitative estimate of drug-likeness (QED) is 0.170. The summed E-state index contributed by atoms with van der Waals surface area (Å²) < 4.78 is 61.2. The van der Waals surface area contributed by atoms with E-state index in [1.54, 1.807) is 82.6 Å². The summed E-state index contributed by atoms with van der Waals surface area (Å²) in [6.45, 7) is 3.81. The van der Waals surface area contributed by atoms with E-state index < -0.39 is 9.84 Å². The van der Waals surface area contributed by atoms with Crippen LogP contribution in [-0.2, 0) is 9.84 Å². The second-order valence-electron chi connectivity index (χ2n) is 9.73. The highest BCUT2D eigenvalue weighted by molar-refractivity contribution is 8.01. The van der Waals surface area contributed by atoms with Gasteiger partial charge in [0.1, 0.15) is 11.6 Å². The Labute approximate surface area is 254 Å². The maximum Gasteiger partial charge on any atom is 0.207 e. The molecule has 9 heteroatoms. The zero-order chi connectivity index (χ0) is 29.1. The van der Waals surface area contributed by atoms with Crippen molar-refractivity contribution in [2.45, 2.75) is 32.1 Å². The predicted molar refractivity (Wildman–Crippen MR) is 173 cm³/mol. The first kappa shape index (κ1) is 28.4. The zero-order valence-corrected chi connectivity index (χ0v) is 26.6. The maximum atomic E-state index is 14.9. The molecule has 6 aromatic rings. The van der Waals surface area contributed by atoms with E-state index in [-0.39, 0.29) is 21.4 Å². The molecule has 41 heavy (non-hydrogen) atoms. The summed E-state index contributed by atoms with van der Waals surface area (Å²) in [5.41, 5.74) is 4.82. The zero-order valence-electron chi connectivity index (χ0n) is 22.5. The molecular formula is C32H24F2O2S5. The third kappa shape index (κ3) is 4.91. The standard InChI is InChI=1S/C32H24F2O2S5/c1-17-13-23-29(27(31(37-3)39-23)19-5-9-21(33)10-6-19)25(15-17)41(35,36)26-16-18(2)14-24-30(26)28(32(38-4)40-24)20-7-11-22(34)12-8-20/h5-16H,1-4H3. The van der Waals surface area contributed by atoms with Crippen LogP contribution < -0.4 is 0 Å². The molecule has 0 amide bonds. The number of halogens is 2. The molecule has 0 aliphatic carbocycles. The third-order valence-corrected chi connectivity index (χ3v) is 13.3. The fraction of sp³-hybridized carbons (Fsp3) is 0.125. The average Bonchev–Trinajstić information content (AvgIpc) is 3.50. The molecular weight excluding hydrogens is 615 g/mol. The molecule has 0 bridgehead atoms. The smallest absolute Gasteiger partial charge is 0.207 e. The fourth-order valence-electron chi connectivity index (χ4n) is 5.19. The van der Waals surface area contributed by atoms with Gasteiger partial charge < -0.3 is 0 Å². The predicted octanol–water partition coefficient (Wildman–Crippen LogP) is 10.6. The lowest BCUT2D eigenvalue weighted by atomic mass is 10.0. The lowest BCUT2D eigenvalue weighted by molar-refractivity contribution is 0.597. The number of thiophene rings is 2. The van der Waals surface area contributed by atoms with Crippen molar-refractivity contribution in [3.63, 3.8) is 0 Å². The Bertz CT molecular complexity index is 1910. The van der Waals surface area contributed by atoms with Crippen molar-refractivity contribution in [1.82, 2.24) is 0 Å². The van der Waals surface area contributed by atoms with Gasteiger partial charge in [-0.05, 0) is 97.1 Å². The van der Waals surface area contributed by atoms with Gasteiger partial charge in [-0.3, -0.25) is 0 Å². The van der Waals surface area contributed by atoms with Gasteiger partial charge in [-0.2, -0.15) is 0 Å². The van der Waals surface area contributed by atoms with Gasteiger partial charge in [0.2, 0.25) is 9.84 Å². The summed E-state index contributed by atoms with van der Waals surface area (Å²) >= 11 is 6.20. The molecule has 0 radical (unpaired) electrons. The van der Waals surface area contributed by atoms with E-state index in [9.17, 15) is 17.2 Å². The average molecular weight is 639 g/mol. The van der Waals surface area contributed by atoms with E-state index >= 15 is 0 Å². The molecule has 0 atom stereocenters. The minimum atomic E-state index is -4.06. The monoisotopic (exact) mass is 638 g/mol. The third-order valence-electron chi connectivity index (χ3n) is 6.95. The van der Waals surface area contributed by atoms with E-state index in [1.807, 2.05) is 38.5 Å². The second-order valence-corrected chi connectivity index (χ2v) is 15.9. The molecule has 208 valence electrons. The molecule has 0 aliphatic heterocycles. The summed E-state index contributed by atoms with van der Waals surface area (Å²) in [5, 5.41) is 1.30. The fourth-order valence-corrected chi connectivity index (χ4v) is 11.4. The van der Waals surface area contributed by atoms with Crippen LogP contribution in [0.3, 0.4) is 0 Å². The van der Waals surface area contributed by atoms with Crippen LogP contribution >= 0.6 is 46.2 Å². The van der Waals surface area contributed by atoms with Crippen molar-refractivity contribution in [3.8, 4) is 22.3 Å². The normalized spacial score (nSPS) is 12.0. The van der Waals surface area contributed by atoms with E-state index in [0.717, 1.165) is 51.2 Å². The van der Waals surface area contributed by atoms with E-state index in [1.165, 1.54) is 24.3 Å². The highest BCUT2D eigenvalue weighted by Crippen LogP contribution is 2.50. The summed E-state index contributed by atoms with van der Waals surface area (Å²) in [7, 11) is -4.06. The summed E-state index contributed by atoms with van der Waals surface area (Å²) in [6, 6.07) is 19.9. The molecule has 0 aliphatic rings. The number of sulfone groups is 1. The SMILES string of the molecule is CSc1sc2cc(C)cc(S(=O)(=O)c3cc(C)cc4sc(SC)c(-c5ccc(F)cc5)c34)c2c1-c1ccc(F)cc1. The molecule has 4 aromatic carbocycles. The number of hydrogen-bond donors (Lipinski definition) is 0. The van der Waals surface area contributed by atoms with Crippen LogP contribution in [0.25, 0.3) is 42.4 Å². The lowest BCUT2D eigenvalue weighted by Crippen LogP contribution is -2.05. The maximum absolute atomic E-state index is 14.9. The minimum Gasteiger partial charge on any atom is -0.218 e. The molecule has 0 unspecified atom stereocenters. The molecule has 0 saturated heterocycles. The van der Waals surface area contributed by atoms with Crippen LogP contribution in [-0.4, -0.2) is 20.9 Å². The van der Waals surface area contributed by atoms with Gasteiger partial charge in [0, 0.05) is 31.3 Å². The Balaban J connectivity index is 1.72. The van der Waals surface area contributed by atoms with Crippen LogP contribution in [0, 0.1) is 25.5 Å². The van der Waals surface area contributed by atoms with E-state index in [2.05, 4.69) is 0 Å². The molecule has 0 fully saturated rings. The van der Waals surface area contributed by atoms with Crippen LogP contribution in [0.5, 0.6) is 0 Å². The van der Waals surface area contributed by atoms with Gasteiger partial charge in [-0.1, -0.05) is 24.3 Å². The van der Waals surface area contributed by atoms with Crippen molar-refractivity contribution in [2.24, 2.45) is 0 Å². The first-order valence-electron chi connectivity index (χ1n) is 12.6. The highest BCUT2D eigenvalue weighted by Gasteiger charge is 2.30. The van der Waals surface area contributed by atoms with Crippen LogP contribution in [0.15, 0.2) is 91.0 Å². The van der Waals surface area contributed by atoms with Gasteiger partial charge in [0.25, 0.3) is 0 Å². The number of fused-ring (bicyclic) bond motifs is 2. The lowest BCUT2D eigenvalue weighted by Gasteiger charge is -2.14. The number of hydrogen-bond acceptors (Lipinski definition) is 6. The van der Waals surface area contributed by atoms with Gasteiger partial charge in [0.05, 0.1) is 18.2 Å². The molecule has 2 nitrogen and oxygen atoms in total. The Morgan fingerprint density at radius 3 is 1.32 bits per heavy atom. The molecule has 0 N–H and O–H groups in total. The number of aryl methyl sites for hydroxylation is 2. The molecule has 0 spiro atoms. The molecule has 2 aromatic heterocycles. The van der Waals surface area contributed by atoms with Crippen LogP contribution in [0.4, 0.5) is 8.78 Å². The number of thioether (sulfide) groups is 2. The van der Waals surface area contributed by atoms with E-state index in [4.69, 9.17) is 0 Å². The van der Waals surface area contributed by atoms with Crippen molar-refractivity contribution in [3.05, 3.63) is 95.6 Å². The number of benzene rings is 4. The van der Waals surface area contributed by atoms with Crippen molar-refractivity contribution in [2.75, 3.05) is 12.5 Å². The van der Waals surface area contributed by atoms with Crippen LogP contribution in [0.1, 0.15) is 11.1 Å². The van der Waals surface area contributed by atoms with Crippen LogP contribution in [0.2, 0.25) is 0 Å². The van der Waals surface area contributed by atoms with Gasteiger partial charge in [-0.15, -0.1) is 46.2 Å². The Hall–Kier alpha value is -2.69. The van der Waals surface area contributed by atoms with Crippen molar-refractivity contribution >= 4 is 76.2 Å². The summed E-state index contributed by atoms with van der Waals surface area (Å²) in [6.07, 6.45) is 3.93. The largest absolute Gasteiger partial charge is 0.218 e. The van der Waals surface area contributed by atoms with Gasteiger partial charge >= 0.3 is 0 Å². The van der Waals surface area contributed by atoms with Crippen molar-refractivity contribution < 1.29 is 17.2 Å². The molecule has 0 saturated carbocycles. The highest BCUT2D eigenvalue weighted by atomic mass is 32.2. The second kappa shape index (κ2) is 10.9. The summed E-state index contributed by atoms with van der Waals surface area (Å²) in [5.74, 6) is -0.694. The van der Waals surface area contributed by atoms with Gasteiger partial charge in [0.15, 0.2) is 0 Å². The first-order chi connectivity index (χ1) is 19.6. The Morgan fingerprint density at radius 1 is 0.610 bits per heavy atom.